The van der Waals surface area contributed by atoms with Gasteiger partial charge in [-0.25, -0.2) is 0 Å². The summed E-state index contributed by atoms with van der Waals surface area (Å²) in [6.07, 6.45) is 0.280. The van der Waals surface area contributed by atoms with E-state index in [0.29, 0.717) is 11.3 Å². The van der Waals surface area contributed by atoms with Crippen LogP contribution in [0, 0.1) is 0 Å². The molecule has 20 heavy (non-hydrogen) atoms. The number of halogens is 1. The molecule has 0 aromatic heterocycles. The molecule has 0 unspecified atom stereocenters. The normalized spacial score (nSPS) is 10.2. The van der Waals surface area contributed by atoms with E-state index in [4.69, 9.17) is 9.47 Å². The second-order valence-electron chi connectivity index (χ2n) is 4.26. The highest BCUT2D eigenvalue weighted by Gasteiger charge is 2.15. The van der Waals surface area contributed by atoms with Crippen LogP contribution >= 0.6 is 15.9 Å². The minimum Gasteiger partial charge on any atom is -0.496 e. The summed E-state index contributed by atoms with van der Waals surface area (Å²) in [7, 11) is 3.16. The third-order valence-electron chi connectivity index (χ3n) is 3.01. The highest BCUT2D eigenvalue weighted by molar-refractivity contribution is 9.10. The van der Waals surface area contributed by atoms with Crippen LogP contribution in [0.2, 0.25) is 0 Å². The molecule has 0 fully saturated rings. The molecule has 4 heteroatoms. The van der Waals surface area contributed by atoms with Gasteiger partial charge in [0.1, 0.15) is 11.5 Å². The summed E-state index contributed by atoms with van der Waals surface area (Å²) in [6, 6.07) is 12.9. The van der Waals surface area contributed by atoms with Gasteiger partial charge in [0.2, 0.25) is 0 Å². The van der Waals surface area contributed by atoms with E-state index >= 15 is 0 Å². The molecule has 0 amide bonds. The first-order valence-corrected chi connectivity index (χ1v) is 6.93. The Morgan fingerprint density at radius 2 is 1.75 bits per heavy atom. The lowest BCUT2D eigenvalue weighted by Crippen LogP contribution is -2.07. The van der Waals surface area contributed by atoms with Gasteiger partial charge >= 0.3 is 0 Å². The van der Waals surface area contributed by atoms with Crippen LogP contribution in [0.1, 0.15) is 15.9 Å². The van der Waals surface area contributed by atoms with Gasteiger partial charge in [0.05, 0.1) is 19.8 Å². The van der Waals surface area contributed by atoms with Crippen molar-refractivity contribution in [2.75, 3.05) is 14.2 Å². The Balaban J connectivity index is 2.28. The number of para-hydroxylation sites is 1. The molecule has 2 rings (SSSR count). The Hall–Kier alpha value is -1.81. The van der Waals surface area contributed by atoms with Crippen LogP contribution in [0.5, 0.6) is 11.5 Å². The van der Waals surface area contributed by atoms with Gasteiger partial charge < -0.3 is 9.47 Å². The fraction of sp³-hybridized carbons (Fsp3) is 0.188. The molecule has 0 radical (unpaired) electrons. The molecule has 0 atom stereocenters. The molecule has 2 aromatic rings. The molecule has 0 N–H and O–H groups in total. The van der Waals surface area contributed by atoms with Crippen LogP contribution in [-0.4, -0.2) is 20.0 Å². The summed E-state index contributed by atoms with van der Waals surface area (Å²) in [5.74, 6) is 1.29. The molecule has 3 nitrogen and oxygen atoms in total. The predicted molar refractivity (Wildman–Crippen MR) is 81.7 cm³/mol. The van der Waals surface area contributed by atoms with E-state index in [1.165, 1.54) is 0 Å². The van der Waals surface area contributed by atoms with Crippen molar-refractivity contribution in [3.63, 3.8) is 0 Å². The predicted octanol–water partition coefficient (Wildman–Crippen LogP) is 3.89. The average molecular weight is 335 g/mol. The molecule has 0 aliphatic heterocycles. The van der Waals surface area contributed by atoms with E-state index in [1.807, 2.05) is 30.3 Å². The second kappa shape index (κ2) is 6.57. The molecule has 0 spiro atoms. The van der Waals surface area contributed by atoms with E-state index in [-0.39, 0.29) is 12.2 Å². The zero-order valence-electron chi connectivity index (χ0n) is 11.4. The molecule has 0 bridgehead atoms. The lowest BCUT2D eigenvalue weighted by atomic mass is 10.0. The van der Waals surface area contributed by atoms with Crippen LogP contribution < -0.4 is 9.47 Å². The maximum Gasteiger partial charge on any atom is 0.171 e. The monoisotopic (exact) mass is 334 g/mol. The molecule has 0 aliphatic rings. The van der Waals surface area contributed by atoms with Crippen LogP contribution in [0.3, 0.4) is 0 Å². The van der Waals surface area contributed by atoms with E-state index in [1.54, 1.807) is 26.4 Å². The standard InChI is InChI=1S/C16H15BrO3/c1-19-15-6-4-3-5-11(15)9-14(18)13-8-7-12(17)10-16(13)20-2/h3-8,10H,9H2,1-2H3. The van der Waals surface area contributed by atoms with Gasteiger partial charge in [0, 0.05) is 16.5 Å². The van der Waals surface area contributed by atoms with Crippen LogP contribution in [0.4, 0.5) is 0 Å². The largest absolute Gasteiger partial charge is 0.496 e. The lowest BCUT2D eigenvalue weighted by Gasteiger charge is -2.10. The minimum absolute atomic E-state index is 0.00106. The van der Waals surface area contributed by atoms with E-state index in [2.05, 4.69) is 15.9 Å². The van der Waals surface area contributed by atoms with Crippen molar-refractivity contribution < 1.29 is 14.3 Å². The number of carbonyl (C=O) groups excluding carboxylic acids is 1. The Labute approximate surface area is 126 Å². The second-order valence-corrected chi connectivity index (χ2v) is 5.17. The molecule has 104 valence electrons. The molecule has 0 heterocycles. The number of rotatable bonds is 5. The summed E-state index contributed by atoms with van der Waals surface area (Å²) in [6.45, 7) is 0. The molecular formula is C16H15BrO3. The Kier molecular flexibility index (Phi) is 4.79. The summed E-state index contributed by atoms with van der Waals surface area (Å²) < 4.78 is 11.4. The van der Waals surface area contributed by atoms with E-state index in [9.17, 15) is 4.79 Å². The number of hydrogen-bond acceptors (Lipinski definition) is 3. The zero-order valence-corrected chi connectivity index (χ0v) is 12.9. The van der Waals surface area contributed by atoms with Gasteiger partial charge in [-0.05, 0) is 24.3 Å². The summed E-state index contributed by atoms with van der Waals surface area (Å²) >= 11 is 3.36. The van der Waals surface area contributed by atoms with Gasteiger partial charge in [-0.2, -0.15) is 0 Å². The quantitative estimate of drug-likeness (QED) is 0.778. The third kappa shape index (κ3) is 3.20. The molecule has 0 saturated carbocycles. The van der Waals surface area contributed by atoms with Gasteiger partial charge in [-0.3, -0.25) is 4.79 Å². The minimum atomic E-state index is -0.00106. The fourth-order valence-electron chi connectivity index (χ4n) is 2.01. The van der Waals surface area contributed by atoms with Gasteiger partial charge in [0.25, 0.3) is 0 Å². The molecule has 0 aliphatic carbocycles. The summed E-state index contributed by atoms with van der Waals surface area (Å²) in [4.78, 5) is 12.4. The van der Waals surface area contributed by atoms with Crippen molar-refractivity contribution in [3.05, 3.63) is 58.1 Å². The van der Waals surface area contributed by atoms with Gasteiger partial charge in [0.15, 0.2) is 5.78 Å². The van der Waals surface area contributed by atoms with E-state index in [0.717, 1.165) is 15.8 Å². The van der Waals surface area contributed by atoms with Gasteiger partial charge in [-0.15, -0.1) is 0 Å². The number of methoxy groups -OCH3 is 2. The lowest BCUT2D eigenvalue weighted by molar-refractivity contribution is 0.0989. The van der Waals surface area contributed by atoms with Crippen LogP contribution in [0.15, 0.2) is 46.9 Å². The molecule has 2 aromatic carbocycles. The molecular weight excluding hydrogens is 320 g/mol. The topological polar surface area (TPSA) is 35.5 Å². The number of carbonyl (C=O) groups is 1. The van der Waals surface area contributed by atoms with Crippen molar-refractivity contribution >= 4 is 21.7 Å². The maximum atomic E-state index is 12.4. The van der Waals surface area contributed by atoms with Crippen molar-refractivity contribution in [3.8, 4) is 11.5 Å². The fourth-order valence-corrected chi connectivity index (χ4v) is 2.35. The number of benzene rings is 2. The smallest absolute Gasteiger partial charge is 0.171 e. The number of ether oxygens (including phenoxy) is 2. The molecule has 0 saturated heterocycles. The number of Topliss-reactive ketones (excluding diaryl/α,β-unsaturated/α-hetero) is 1. The van der Waals surface area contributed by atoms with Crippen molar-refractivity contribution in [2.45, 2.75) is 6.42 Å². The van der Waals surface area contributed by atoms with Crippen LogP contribution in [0.25, 0.3) is 0 Å². The van der Waals surface area contributed by atoms with Crippen molar-refractivity contribution in [1.82, 2.24) is 0 Å². The van der Waals surface area contributed by atoms with Crippen molar-refractivity contribution in [1.29, 1.82) is 0 Å². The first-order valence-electron chi connectivity index (χ1n) is 6.14. The van der Waals surface area contributed by atoms with Crippen LogP contribution in [-0.2, 0) is 6.42 Å². The first-order chi connectivity index (χ1) is 9.65. The Morgan fingerprint density at radius 1 is 1.05 bits per heavy atom. The zero-order chi connectivity index (χ0) is 14.5. The SMILES string of the molecule is COc1ccccc1CC(=O)c1ccc(Br)cc1OC. The number of hydrogen-bond donors (Lipinski definition) is 0. The third-order valence-corrected chi connectivity index (χ3v) is 3.50. The first kappa shape index (κ1) is 14.6. The number of ketones is 1. The van der Waals surface area contributed by atoms with Gasteiger partial charge in [-0.1, -0.05) is 34.1 Å². The highest BCUT2D eigenvalue weighted by Crippen LogP contribution is 2.26. The highest BCUT2D eigenvalue weighted by atomic mass is 79.9. The average Bonchev–Trinajstić information content (AvgIpc) is 2.47. The van der Waals surface area contributed by atoms with E-state index < -0.39 is 0 Å². The Bertz CT molecular complexity index is 623. The summed E-state index contributed by atoms with van der Waals surface area (Å²) in [5.41, 5.74) is 1.44. The Morgan fingerprint density at radius 3 is 2.45 bits per heavy atom. The summed E-state index contributed by atoms with van der Waals surface area (Å²) in [5, 5.41) is 0. The maximum absolute atomic E-state index is 12.4. The van der Waals surface area contributed by atoms with Crippen molar-refractivity contribution in [2.24, 2.45) is 0 Å².